The maximum Gasteiger partial charge on any atom is 0.250 e. The molecule has 2 aliphatic rings. The van der Waals surface area contributed by atoms with E-state index in [9.17, 15) is 9.59 Å². The van der Waals surface area contributed by atoms with Crippen LogP contribution in [0.15, 0.2) is 11.1 Å². The molecular weight excluding hydrogens is 256 g/mol. The van der Waals surface area contributed by atoms with Gasteiger partial charge < -0.3 is 15.0 Å². The molecule has 0 aromatic rings. The summed E-state index contributed by atoms with van der Waals surface area (Å²) in [7, 11) is 1.64. The summed E-state index contributed by atoms with van der Waals surface area (Å²) in [4.78, 5) is 26.2. The third-order valence-electron chi connectivity index (χ3n) is 4.11. The van der Waals surface area contributed by atoms with Crippen LogP contribution in [0.3, 0.4) is 0 Å². The van der Waals surface area contributed by atoms with Gasteiger partial charge in [-0.25, -0.2) is 0 Å². The third-order valence-corrected chi connectivity index (χ3v) is 4.11. The van der Waals surface area contributed by atoms with Crippen molar-refractivity contribution in [1.82, 2.24) is 10.2 Å². The summed E-state index contributed by atoms with van der Waals surface area (Å²) in [5.41, 5.74) is 1.93. The number of fused-ring (bicyclic) bond motifs is 1. The zero-order valence-electron chi connectivity index (χ0n) is 12.4. The molecule has 1 saturated carbocycles. The van der Waals surface area contributed by atoms with Crippen LogP contribution in [0.25, 0.3) is 0 Å². The highest BCUT2D eigenvalue weighted by Gasteiger charge is 2.39. The Hall–Kier alpha value is -1.36. The standard InChI is InChI=1S/C15H24N2O3/c1-3-16-14(18)10-12-11-6-4-5-7-13(11)17(15(12)19)8-9-20-2/h13H,3-10H2,1-2H3,(H,16,18). The molecule has 1 N–H and O–H groups in total. The summed E-state index contributed by atoms with van der Waals surface area (Å²) in [6, 6.07) is 0.204. The number of carbonyl (C=O) groups excluding carboxylic acids is 2. The minimum absolute atomic E-state index is 0.0372. The van der Waals surface area contributed by atoms with Crippen LogP contribution < -0.4 is 5.32 Å². The Morgan fingerprint density at radius 2 is 2.25 bits per heavy atom. The van der Waals surface area contributed by atoms with E-state index in [1.54, 1.807) is 7.11 Å². The van der Waals surface area contributed by atoms with Gasteiger partial charge in [-0.2, -0.15) is 0 Å². The monoisotopic (exact) mass is 280 g/mol. The SMILES string of the molecule is CCNC(=O)CC1=C2CCCCC2N(CCOC)C1=O. The van der Waals surface area contributed by atoms with Crippen LogP contribution >= 0.6 is 0 Å². The van der Waals surface area contributed by atoms with E-state index in [1.165, 1.54) is 5.57 Å². The Morgan fingerprint density at radius 1 is 1.45 bits per heavy atom. The van der Waals surface area contributed by atoms with Crippen LogP contribution in [-0.2, 0) is 14.3 Å². The Bertz CT molecular complexity index is 417. The summed E-state index contributed by atoms with van der Waals surface area (Å²) < 4.78 is 5.10. The van der Waals surface area contributed by atoms with Crippen molar-refractivity contribution in [1.29, 1.82) is 0 Å². The van der Waals surface area contributed by atoms with Crippen LogP contribution in [-0.4, -0.2) is 49.6 Å². The lowest BCUT2D eigenvalue weighted by atomic mass is 9.88. The van der Waals surface area contributed by atoms with Gasteiger partial charge in [0.1, 0.15) is 0 Å². The smallest absolute Gasteiger partial charge is 0.250 e. The minimum atomic E-state index is -0.0544. The first-order chi connectivity index (χ1) is 9.69. The first kappa shape index (κ1) is 15.0. The third kappa shape index (κ3) is 3.03. The summed E-state index contributed by atoms with van der Waals surface area (Å²) in [5, 5.41) is 2.78. The highest BCUT2D eigenvalue weighted by molar-refractivity contribution is 6.02. The van der Waals surface area contributed by atoms with Gasteiger partial charge in [-0.05, 0) is 31.8 Å². The van der Waals surface area contributed by atoms with Gasteiger partial charge in [0, 0.05) is 25.8 Å². The first-order valence-electron chi connectivity index (χ1n) is 7.47. The molecule has 1 heterocycles. The van der Waals surface area contributed by atoms with E-state index in [4.69, 9.17) is 4.74 Å². The average Bonchev–Trinajstić information content (AvgIpc) is 2.70. The molecule has 0 spiro atoms. The molecule has 0 aromatic heterocycles. The number of rotatable bonds is 6. The van der Waals surface area contributed by atoms with Crippen molar-refractivity contribution in [3.05, 3.63) is 11.1 Å². The van der Waals surface area contributed by atoms with Crippen molar-refractivity contribution in [2.24, 2.45) is 0 Å². The first-order valence-corrected chi connectivity index (χ1v) is 7.47. The zero-order chi connectivity index (χ0) is 14.5. The van der Waals surface area contributed by atoms with Gasteiger partial charge >= 0.3 is 0 Å². The highest BCUT2D eigenvalue weighted by atomic mass is 16.5. The van der Waals surface area contributed by atoms with E-state index in [0.29, 0.717) is 19.7 Å². The molecule has 1 aliphatic heterocycles. The van der Waals surface area contributed by atoms with Gasteiger partial charge in [0.25, 0.3) is 5.91 Å². The van der Waals surface area contributed by atoms with Crippen LogP contribution in [0.4, 0.5) is 0 Å². The molecule has 1 fully saturated rings. The second kappa shape index (κ2) is 6.88. The number of ether oxygens (including phenoxy) is 1. The molecule has 1 unspecified atom stereocenters. The Balaban J connectivity index is 2.14. The fourth-order valence-electron chi connectivity index (χ4n) is 3.20. The summed E-state index contributed by atoms with van der Waals surface area (Å²) in [6.07, 6.45) is 4.47. The number of hydrogen-bond donors (Lipinski definition) is 1. The van der Waals surface area contributed by atoms with Gasteiger partial charge in [-0.15, -0.1) is 0 Å². The number of methoxy groups -OCH3 is 1. The molecule has 2 rings (SSSR count). The number of nitrogens with zero attached hydrogens (tertiary/aromatic N) is 1. The Morgan fingerprint density at radius 3 is 2.95 bits per heavy atom. The predicted molar refractivity (Wildman–Crippen MR) is 76.2 cm³/mol. The zero-order valence-corrected chi connectivity index (χ0v) is 12.4. The summed E-state index contributed by atoms with van der Waals surface area (Å²) in [5.74, 6) is -0.0172. The number of nitrogens with one attached hydrogen (secondary N) is 1. The quantitative estimate of drug-likeness (QED) is 0.796. The molecule has 0 radical (unpaired) electrons. The van der Waals surface area contributed by atoms with Crippen LogP contribution in [0.5, 0.6) is 0 Å². The molecule has 20 heavy (non-hydrogen) atoms. The highest BCUT2D eigenvalue weighted by Crippen LogP contribution is 2.37. The van der Waals surface area contributed by atoms with Crippen LogP contribution in [0.2, 0.25) is 0 Å². The normalized spacial score (nSPS) is 22.2. The molecular formula is C15H24N2O3. The molecule has 1 aliphatic carbocycles. The lowest BCUT2D eigenvalue weighted by Gasteiger charge is -2.29. The van der Waals surface area contributed by atoms with Gasteiger partial charge in [0.05, 0.1) is 19.1 Å². The van der Waals surface area contributed by atoms with E-state index in [1.807, 2.05) is 11.8 Å². The van der Waals surface area contributed by atoms with E-state index in [2.05, 4.69) is 5.32 Å². The molecule has 1 atom stereocenters. The van der Waals surface area contributed by atoms with Crippen molar-refractivity contribution in [2.45, 2.75) is 45.1 Å². The largest absolute Gasteiger partial charge is 0.383 e. The van der Waals surface area contributed by atoms with Crippen molar-refractivity contribution in [2.75, 3.05) is 26.8 Å². The Kier molecular flexibility index (Phi) is 5.17. The second-order valence-electron chi connectivity index (χ2n) is 5.39. The molecule has 2 amide bonds. The predicted octanol–water partition coefficient (Wildman–Crippen LogP) is 1.24. The summed E-state index contributed by atoms with van der Waals surface area (Å²) in [6.45, 7) is 3.65. The molecule has 0 bridgehead atoms. The van der Waals surface area contributed by atoms with Crippen molar-refractivity contribution in [3.63, 3.8) is 0 Å². The maximum atomic E-state index is 12.6. The topological polar surface area (TPSA) is 58.6 Å². The van der Waals surface area contributed by atoms with Crippen LogP contribution in [0, 0.1) is 0 Å². The van der Waals surface area contributed by atoms with Crippen molar-refractivity contribution >= 4 is 11.8 Å². The molecule has 5 heteroatoms. The lowest BCUT2D eigenvalue weighted by molar-refractivity contribution is -0.129. The fourth-order valence-corrected chi connectivity index (χ4v) is 3.20. The number of amides is 2. The van der Waals surface area contributed by atoms with Crippen molar-refractivity contribution < 1.29 is 14.3 Å². The average molecular weight is 280 g/mol. The van der Waals surface area contributed by atoms with E-state index < -0.39 is 0 Å². The second-order valence-corrected chi connectivity index (χ2v) is 5.39. The lowest BCUT2D eigenvalue weighted by Crippen LogP contribution is -2.39. The minimum Gasteiger partial charge on any atom is -0.383 e. The van der Waals surface area contributed by atoms with Gasteiger partial charge in [0.15, 0.2) is 0 Å². The van der Waals surface area contributed by atoms with E-state index in [0.717, 1.165) is 31.3 Å². The van der Waals surface area contributed by atoms with E-state index >= 15 is 0 Å². The Labute approximate surface area is 120 Å². The summed E-state index contributed by atoms with van der Waals surface area (Å²) >= 11 is 0. The number of hydrogen-bond acceptors (Lipinski definition) is 3. The maximum absolute atomic E-state index is 12.6. The van der Waals surface area contributed by atoms with Gasteiger partial charge in [-0.1, -0.05) is 6.42 Å². The molecule has 112 valence electrons. The van der Waals surface area contributed by atoms with Crippen molar-refractivity contribution in [3.8, 4) is 0 Å². The molecule has 0 aromatic carbocycles. The molecule has 5 nitrogen and oxygen atoms in total. The fraction of sp³-hybridized carbons (Fsp3) is 0.733. The van der Waals surface area contributed by atoms with Crippen LogP contribution in [0.1, 0.15) is 39.0 Å². The van der Waals surface area contributed by atoms with E-state index in [-0.39, 0.29) is 24.3 Å². The molecule has 0 saturated heterocycles. The van der Waals surface area contributed by atoms with Gasteiger partial charge in [0.2, 0.25) is 5.91 Å². The van der Waals surface area contributed by atoms with Gasteiger partial charge in [-0.3, -0.25) is 9.59 Å². The number of carbonyl (C=O) groups is 2.